The molecule has 1 aromatic carbocycles. The van der Waals surface area contributed by atoms with Gasteiger partial charge in [-0.05, 0) is 31.0 Å². The first-order valence-electron chi connectivity index (χ1n) is 5.74. The number of ether oxygens (including phenoxy) is 1. The third-order valence-electron chi connectivity index (χ3n) is 2.22. The van der Waals surface area contributed by atoms with Crippen LogP contribution in [0.25, 0.3) is 0 Å². The van der Waals surface area contributed by atoms with Crippen LogP contribution in [0.1, 0.15) is 18.4 Å². The number of rotatable bonds is 7. The highest BCUT2D eigenvalue weighted by atomic mass is 16.5. The monoisotopic (exact) mass is 251 g/mol. The van der Waals surface area contributed by atoms with Crippen LogP contribution in [0.4, 0.5) is 5.69 Å². The minimum Gasteiger partial charge on any atom is -0.480 e. The molecular formula is C13H17NO4. The zero-order chi connectivity index (χ0) is 13.4. The molecule has 1 rings (SSSR count). The van der Waals surface area contributed by atoms with E-state index < -0.39 is 5.97 Å². The summed E-state index contributed by atoms with van der Waals surface area (Å²) in [7, 11) is 0. The second-order valence-corrected chi connectivity index (χ2v) is 3.97. The Labute approximate surface area is 106 Å². The van der Waals surface area contributed by atoms with Crippen molar-refractivity contribution in [3.8, 4) is 0 Å². The maximum atomic E-state index is 11.5. The molecule has 18 heavy (non-hydrogen) atoms. The summed E-state index contributed by atoms with van der Waals surface area (Å²) in [6, 6.07) is 7.54. The van der Waals surface area contributed by atoms with Crippen molar-refractivity contribution in [3.05, 3.63) is 29.8 Å². The highest BCUT2D eigenvalue weighted by Crippen LogP contribution is 2.10. The van der Waals surface area contributed by atoms with E-state index in [1.807, 2.05) is 31.2 Å². The molecule has 0 heterocycles. The van der Waals surface area contributed by atoms with Crippen molar-refractivity contribution in [2.24, 2.45) is 0 Å². The lowest BCUT2D eigenvalue weighted by Crippen LogP contribution is -2.13. The zero-order valence-electron chi connectivity index (χ0n) is 10.3. The van der Waals surface area contributed by atoms with Gasteiger partial charge in [-0.25, -0.2) is 4.79 Å². The zero-order valence-corrected chi connectivity index (χ0v) is 10.3. The maximum Gasteiger partial charge on any atom is 0.329 e. The van der Waals surface area contributed by atoms with E-state index in [0.717, 1.165) is 11.3 Å². The van der Waals surface area contributed by atoms with Crippen LogP contribution in [-0.2, 0) is 14.3 Å². The Hall–Kier alpha value is -1.88. The smallest absolute Gasteiger partial charge is 0.329 e. The molecule has 5 heteroatoms. The second-order valence-electron chi connectivity index (χ2n) is 3.97. The fourth-order valence-electron chi connectivity index (χ4n) is 1.44. The minimum absolute atomic E-state index is 0.0977. The average molecular weight is 251 g/mol. The number of aliphatic carboxylic acids is 1. The molecular weight excluding hydrogens is 234 g/mol. The first-order valence-corrected chi connectivity index (χ1v) is 5.74. The molecule has 0 saturated heterocycles. The van der Waals surface area contributed by atoms with E-state index in [4.69, 9.17) is 9.84 Å². The molecule has 0 fully saturated rings. The molecule has 0 aliphatic rings. The normalized spacial score (nSPS) is 10.1. The highest BCUT2D eigenvalue weighted by molar-refractivity contribution is 5.90. The molecule has 1 aromatic rings. The number of amides is 1. The summed E-state index contributed by atoms with van der Waals surface area (Å²) in [5.41, 5.74) is 1.85. The predicted molar refractivity (Wildman–Crippen MR) is 67.5 cm³/mol. The third-order valence-corrected chi connectivity index (χ3v) is 2.22. The molecule has 0 unspecified atom stereocenters. The molecule has 98 valence electrons. The second kappa shape index (κ2) is 7.45. The number of carbonyl (C=O) groups excluding carboxylic acids is 1. The fraction of sp³-hybridized carbons (Fsp3) is 0.385. The number of carboxylic acids is 1. The lowest BCUT2D eigenvalue weighted by Gasteiger charge is -2.06. The number of carboxylic acid groups (broad SMARTS) is 1. The number of carbonyl (C=O) groups is 2. The van der Waals surface area contributed by atoms with Crippen molar-refractivity contribution in [2.75, 3.05) is 18.5 Å². The van der Waals surface area contributed by atoms with Crippen molar-refractivity contribution in [1.29, 1.82) is 0 Å². The molecule has 5 nitrogen and oxygen atoms in total. The lowest BCUT2D eigenvalue weighted by atomic mass is 10.2. The Bertz CT molecular complexity index is 417. The van der Waals surface area contributed by atoms with Crippen LogP contribution in [0.15, 0.2) is 24.3 Å². The Balaban J connectivity index is 2.20. The largest absolute Gasteiger partial charge is 0.480 e. The highest BCUT2D eigenvalue weighted by Gasteiger charge is 2.03. The maximum absolute atomic E-state index is 11.5. The van der Waals surface area contributed by atoms with Gasteiger partial charge < -0.3 is 15.2 Å². The lowest BCUT2D eigenvalue weighted by molar-refractivity contribution is -0.142. The van der Waals surface area contributed by atoms with Crippen molar-refractivity contribution in [1.82, 2.24) is 0 Å². The van der Waals surface area contributed by atoms with Gasteiger partial charge in [0.1, 0.15) is 6.61 Å². The Morgan fingerprint density at radius 1 is 1.39 bits per heavy atom. The van der Waals surface area contributed by atoms with Crippen LogP contribution < -0.4 is 5.32 Å². The van der Waals surface area contributed by atoms with Gasteiger partial charge in [-0.15, -0.1) is 0 Å². The average Bonchev–Trinajstić information content (AvgIpc) is 2.28. The number of benzene rings is 1. The predicted octanol–water partition coefficient (Wildman–Crippen LogP) is 1.81. The van der Waals surface area contributed by atoms with Gasteiger partial charge in [-0.2, -0.15) is 0 Å². The summed E-state index contributed by atoms with van der Waals surface area (Å²) in [5, 5.41) is 11.1. The summed E-state index contributed by atoms with van der Waals surface area (Å²) in [5.74, 6) is -1.10. The van der Waals surface area contributed by atoms with E-state index >= 15 is 0 Å². The topological polar surface area (TPSA) is 75.6 Å². The number of aryl methyl sites for hydroxylation is 1. The number of nitrogens with one attached hydrogen (secondary N) is 1. The van der Waals surface area contributed by atoms with Gasteiger partial charge in [-0.1, -0.05) is 12.1 Å². The van der Waals surface area contributed by atoms with Crippen molar-refractivity contribution in [2.45, 2.75) is 19.8 Å². The van der Waals surface area contributed by atoms with E-state index in [9.17, 15) is 9.59 Å². The van der Waals surface area contributed by atoms with Gasteiger partial charge in [0.05, 0.1) is 0 Å². The van der Waals surface area contributed by atoms with E-state index in [2.05, 4.69) is 5.32 Å². The Morgan fingerprint density at radius 3 is 2.83 bits per heavy atom. The molecule has 0 aliphatic carbocycles. The Morgan fingerprint density at radius 2 is 2.17 bits per heavy atom. The van der Waals surface area contributed by atoms with Crippen LogP contribution in [0.3, 0.4) is 0 Å². The molecule has 0 aliphatic heterocycles. The molecule has 0 radical (unpaired) electrons. The summed E-state index contributed by atoms with van der Waals surface area (Å²) in [6.45, 7) is 1.91. The molecule has 0 atom stereocenters. The van der Waals surface area contributed by atoms with Crippen LogP contribution in [0, 0.1) is 6.92 Å². The first-order chi connectivity index (χ1) is 8.58. The van der Waals surface area contributed by atoms with Crippen molar-refractivity contribution < 1.29 is 19.4 Å². The van der Waals surface area contributed by atoms with E-state index in [1.165, 1.54) is 0 Å². The summed E-state index contributed by atoms with van der Waals surface area (Å²) < 4.78 is 4.84. The van der Waals surface area contributed by atoms with Gasteiger partial charge >= 0.3 is 5.97 Å². The minimum atomic E-state index is -1.00. The fourth-order valence-corrected chi connectivity index (χ4v) is 1.44. The van der Waals surface area contributed by atoms with Crippen molar-refractivity contribution >= 4 is 17.6 Å². The summed E-state index contributed by atoms with van der Waals surface area (Å²) in [6.07, 6.45) is 0.818. The van der Waals surface area contributed by atoms with E-state index in [0.29, 0.717) is 12.8 Å². The standard InChI is InChI=1S/C13H17NO4/c1-10-4-2-5-11(8-10)14-12(15)6-3-7-18-9-13(16)17/h2,4-5,8H,3,6-7,9H2,1H3,(H,14,15)(H,16,17). The SMILES string of the molecule is Cc1cccc(NC(=O)CCCOCC(=O)O)c1. The van der Waals surface area contributed by atoms with Crippen LogP contribution in [0.2, 0.25) is 0 Å². The third kappa shape index (κ3) is 6.00. The molecule has 0 bridgehead atoms. The molecule has 0 aromatic heterocycles. The van der Waals surface area contributed by atoms with Gasteiger partial charge in [0.25, 0.3) is 0 Å². The molecule has 1 amide bonds. The van der Waals surface area contributed by atoms with Gasteiger partial charge in [0.15, 0.2) is 0 Å². The van der Waals surface area contributed by atoms with Gasteiger partial charge in [0.2, 0.25) is 5.91 Å². The summed E-state index contributed by atoms with van der Waals surface area (Å²) in [4.78, 5) is 21.7. The number of hydrogen-bond acceptors (Lipinski definition) is 3. The molecule has 0 spiro atoms. The van der Waals surface area contributed by atoms with Crippen molar-refractivity contribution in [3.63, 3.8) is 0 Å². The van der Waals surface area contributed by atoms with Crippen LogP contribution in [-0.4, -0.2) is 30.2 Å². The van der Waals surface area contributed by atoms with Crippen LogP contribution in [0.5, 0.6) is 0 Å². The first kappa shape index (κ1) is 14.2. The summed E-state index contributed by atoms with van der Waals surface area (Å²) >= 11 is 0. The van der Waals surface area contributed by atoms with E-state index in [1.54, 1.807) is 0 Å². The quantitative estimate of drug-likeness (QED) is 0.725. The van der Waals surface area contributed by atoms with Crippen LogP contribution >= 0.6 is 0 Å². The molecule has 0 saturated carbocycles. The molecule has 2 N–H and O–H groups in total. The van der Waals surface area contributed by atoms with Gasteiger partial charge in [0, 0.05) is 18.7 Å². The number of hydrogen-bond donors (Lipinski definition) is 2. The van der Waals surface area contributed by atoms with Gasteiger partial charge in [-0.3, -0.25) is 4.79 Å². The van der Waals surface area contributed by atoms with E-state index in [-0.39, 0.29) is 19.1 Å². The Kier molecular flexibility index (Phi) is 5.87. The number of anilines is 1.